The second-order valence-corrected chi connectivity index (χ2v) is 2.75. The van der Waals surface area contributed by atoms with E-state index in [2.05, 4.69) is 13.5 Å². The lowest BCUT2D eigenvalue weighted by molar-refractivity contribution is -0.113. The first-order chi connectivity index (χ1) is 5.07. The van der Waals surface area contributed by atoms with Gasteiger partial charge in [0.1, 0.15) is 0 Å². The summed E-state index contributed by atoms with van der Waals surface area (Å²) in [5.41, 5.74) is 2.00. The van der Waals surface area contributed by atoms with Crippen LogP contribution in [-0.4, -0.2) is 5.78 Å². The third kappa shape index (κ3) is 4.54. The highest BCUT2D eigenvalue weighted by atomic mass is 16.1. The average Bonchev–Trinajstić information content (AvgIpc) is 1.99. The van der Waals surface area contributed by atoms with Crippen molar-refractivity contribution < 1.29 is 4.79 Å². The van der Waals surface area contributed by atoms with E-state index >= 15 is 0 Å². The molecule has 1 nitrogen and oxygen atoms in total. The van der Waals surface area contributed by atoms with Crippen molar-refractivity contribution in [3.05, 3.63) is 23.8 Å². The maximum atomic E-state index is 10.7. The van der Waals surface area contributed by atoms with Crippen molar-refractivity contribution in [2.24, 2.45) is 0 Å². The van der Waals surface area contributed by atoms with E-state index in [4.69, 9.17) is 0 Å². The van der Waals surface area contributed by atoms with Gasteiger partial charge in [-0.3, -0.25) is 4.79 Å². The van der Waals surface area contributed by atoms with E-state index in [0.29, 0.717) is 0 Å². The molecule has 0 spiro atoms. The van der Waals surface area contributed by atoms with Crippen molar-refractivity contribution >= 4 is 5.78 Å². The molecule has 0 bridgehead atoms. The Kier molecular flexibility index (Phi) is 4.51. The van der Waals surface area contributed by atoms with Crippen LogP contribution in [0.2, 0.25) is 0 Å². The molecular formula is C10H16O. The smallest absolute Gasteiger partial charge is 0.155 e. The molecule has 0 atom stereocenters. The van der Waals surface area contributed by atoms with Crippen LogP contribution in [0.4, 0.5) is 0 Å². The van der Waals surface area contributed by atoms with E-state index in [1.54, 1.807) is 6.92 Å². The summed E-state index contributed by atoms with van der Waals surface area (Å²) < 4.78 is 0. The van der Waals surface area contributed by atoms with Gasteiger partial charge in [-0.2, -0.15) is 0 Å². The molecule has 0 aromatic carbocycles. The average molecular weight is 152 g/mol. The molecule has 1 heteroatoms. The van der Waals surface area contributed by atoms with Gasteiger partial charge < -0.3 is 0 Å². The molecule has 0 aliphatic rings. The first-order valence-corrected chi connectivity index (χ1v) is 3.92. The zero-order chi connectivity index (χ0) is 8.85. The van der Waals surface area contributed by atoms with Crippen molar-refractivity contribution in [3.63, 3.8) is 0 Å². The van der Waals surface area contributed by atoms with Crippen molar-refractivity contribution in [2.75, 3.05) is 0 Å². The number of hydrogen-bond acceptors (Lipinski definition) is 1. The van der Waals surface area contributed by atoms with Crippen LogP contribution in [0.1, 0.15) is 33.6 Å². The van der Waals surface area contributed by atoms with Crippen LogP contribution >= 0.6 is 0 Å². The molecule has 0 aromatic rings. The largest absolute Gasteiger partial charge is 0.295 e. The third-order valence-electron chi connectivity index (χ3n) is 1.75. The summed E-state index contributed by atoms with van der Waals surface area (Å²) in [7, 11) is 0. The zero-order valence-electron chi connectivity index (χ0n) is 7.61. The standard InChI is InChI=1S/C10H16O/c1-5-8(2)6-7-9(3)10(4)11/h7H,2,5-6H2,1,3-4H3/b9-7+. The topological polar surface area (TPSA) is 17.1 Å². The van der Waals surface area contributed by atoms with Crippen molar-refractivity contribution in [1.29, 1.82) is 0 Å². The molecule has 0 unspecified atom stereocenters. The summed E-state index contributed by atoms with van der Waals surface area (Å²) in [5.74, 6) is 0.147. The van der Waals surface area contributed by atoms with Gasteiger partial charge in [0.15, 0.2) is 5.78 Å². The van der Waals surface area contributed by atoms with Gasteiger partial charge in [0.2, 0.25) is 0 Å². The summed E-state index contributed by atoms with van der Waals surface area (Å²) in [6.07, 6.45) is 3.76. The highest BCUT2D eigenvalue weighted by Gasteiger charge is 1.94. The van der Waals surface area contributed by atoms with Crippen LogP contribution in [0.5, 0.6) is 0 Å². The summed E-state index contributed by atoms with van der Waals surface area (Å²) in [5, 5.41) is 0. The van der Waals surface area contributed by atoms with Gasteiger partial charge in [-0.15, -0.1) is 0 Å². The van der Waals surface area contributed by atoms with Gasteiger partial charge in [0, 0.05) is 0 Å². The van der Waals surface area contributed by atoms with E-state index in [9.17, 15) is 4.79 Å². The summed E-state index contributed by atoms with van der Waals surface area (Å²) >= 11 is 0. The molecule has 0 N–H and O–H groups in total. The minimum atomic E-state index is 0.147. The lowest BCUT2D eigenvalue weighted by Crippen LogP contribution is -1.91. The van der Waals surface area contributed by atoms with Crippen LogP contribution in [0.3, 0.4) is 0 Å². The second-order valence-electron chi connectivity index (χ2n) is 2.75. The highest BCUT2D eigenvalue weighted by molar-refractivity contribution is 5.92. The number of carbonyl (C=O) groups excluding carboxylic acids is 1. The third-order valence-corrected chi connectivity index (χ3v) is 1.75. The first kappa shape index (κ1) is 10.2. The number of hydrogen-bond donors (Lipinski definition) is 0. The Labute approximate surface area is 68.8 Å². The van der Waals surface area contributed by atoms with E-state index in [-0.39, 0.29) is 5.78 Å². The fraction of sp³-hybridized carbons (Fsp3) is 0.500. The Morgan fingerprint density at radius 1 is 1.45 bits per heavy atom. The molecule has 0 aromatic heterocycles. The molecule has 0 saturated heterocycles. The normalized spacial score (nSPS) is 11.4. The van der Waals surface area contributed by atoms with Gasteiger partial charge in [-0.25, -0.2) is 0 Å². The van der Waals surface area contributed by atoms with Crippen molar-refractivity contribution in [1.82, 2.24) is 0 Å². The first-order valence-electron chi connectivity index (χ1n) is 3.92. The van der Waals surface area contributed by atoms with E-state index in [1.807, 2.05) is 13.0 Å². The predicted molar refractivity (Wildman–Crippen MR) is 48.5 cm³/mol. The molecule has 62 valence electrons. The van der Waals surface area contributed by atoms with E-state index < -0.39 is 0 Å². The maximum absolute atomic E-state index is 10.7. The van der Waals surface area contributed by atoms with Gasteiger partial charge in [-0.05, 0) is 32.3 Å². The van der Waals surface area contributed by atoms with Crippen molar-refractivity contribution in [2.45, 2.75) is 33.6 Å². The van der Waals surface area contributed by atoms with Crippen LogP contribution in [0.25, 0.3) is 0 Å². The van der Waals surface area contributed by atoms with Crippen LogP contribution in [0, 0.1) is 0 Å². The van der Waals surface area contributed by atoms with Gasteiger partial charge >= 0.3 is 0 Å². The number of rotatable bonds is 4. The molecule has 0 aliphatic heterocycles. The molecule has 0 radical (unpaired) electrons. The molecule has 11 heavy (non-hydrogen) atoms. The molecular weight excluding hydrogens is 136 g/mol. The monoisotopic (exact) mass is 152 g/mol. The van der Waals surface area contributed by atoms with Crippen LogP contribution < -0.4 is 0 Å². The van der Waals surface area contributed by atoms with Crippen molar-refractivity contribution in [3.8, 4) is 0 Å². The molecule has 0 saturated carbocycles. The maximum Gasteiger partial charge on any atom is 0.155 e. The highest BCUT2D eigenvalue weighted by Crippen LogP contribution is 2.06. The minimum absolute atomic E-state index is 0.147. The van der Waals surface area contributed by atoms with Gasteiger partial charge in [0.05, 0.1) is 0 Å². The lowest BCUT2D eigenvalue weighted by atomic mass is 10.1. The van der Waals surface area contributed by atoms with Gasteiger partial charge in [0.25, 0.3) is 0 Å². The summed E-state index contributed by atoms with van der Waals surface area (Å²) in [6, 6.07) is 0. The molecule has 0 fully saturated rings. The second kappa shape index (κ2) is 4.89. The van der Waals surface area contributed by atoms with Crippen LogP contribution in [0.15, 0.2) is 23.8 Å². The summed E-state index contributed by atoms with van der Waals surface area (Å²) in [4.78, 5) is 10.7. The molecule has 0 amide bonds. The van der Waals surface area contributed by atoms with E-state index in [1.165, 1.54) is 5.57 Å². The SMILES string of the molecule is C=C(CC)C/C=C(\C)C(C)=O. The fourth-order valence-electron chi connectivity index (χ4n) is 0.585. The molecule has 0 aliphatic carbocycles. The van der Waals surface area contributed by atoms with Crippen LogP contribution in [-0.2, 0) is 4.79 Å². The van der Waals surface area contributed by atoms with Gasteiger partial charge in [-0.1, -0.05) is 25.2 Å². The molecule has 0 heterocycles. The fourth-order valence-corrected chi connectivity index (χ4v) is 0.585. The molecule has 0 rings (SSSR count). The Morgan fingerprint density at radius 3 is 2.36 bits per heavy atom. The number of Topliss-reactive ketones (excluding diaryl/α,β-unsaturated/α-hetero) is 1. The number of allylic oxidation sites excluding steroid dienone is 3. The number of carbonyl (C=O) groups is 1. The Balaban J connectivity index is 3.92. The summed E-state index contributed by atoms with van der Waals surface area (Å²) in [6.45, 7) is 9.34. The van der Waals surface area contributed by atoms with E-state index in [0.717, 1.165) is 18.4 Å². The lowest BCUT2D eigenvalue weighted by Gasteiger charge is -1.97. The Bertz CT molecular complexity index is 187. The number of ketones is 1. The minimum Gasteiger partial charge on any atom is -0.295 e. The zero-order valence-corrected chi connectivity index (χ0v) is 7.61. The Hall–Kier alpha value is -0.850. The predicted octanol–water partition coefficient (Wildman–Crippen LogP) is 2.88. The quantitative estimate of drug-likeness (QED) is 0.447. The Morgan fingerprint density at radius 2 is 2.00 bits per heavy atom.